The Hall–Kier alpha value is -1.85. The Balaban J connectivity index is 2.53. The van der Waals surface area contributed by atoms with E-state index in [1.807, 2.05) is 13.8 Å². The predicted molar refractivity (Wildman–Crippen MR) is 58.2 cm³/mol. The van der Waals surface area contributed by atoms with E-state index < -0.39 is 6.43 Å². The van der Waals surface area contributed by atoms with Gasteiger partial charge in [-0.05, 0) is 17.5 Å². The van der Waals surface area contributed by atoms with Crippen molar-refractivity contribution in [3.05, 3.63) is 35.8 Å². The number of aromatic nitrogens is 4. The molecule has 0 radical (unpaired) electrons. The topological polar surface area (TPSA) is 43.6 Å². The Morgan fingerprint density at radius 2 is 1.82 bits per heavy atom. The first kappa shape index (κ1) is 11.6. The molecule has 4 nitrogen and oxygen atoms in total. The molecule has 6 heteroatoms. The van der Waals surface area contributed by atoms with Gasteiger partial charge in [0.2, 0.25) is 0 Å². The van der Waals surface area contributed by atoms with Crippen molar-refractivity contribution in [3.63, 3.8) is 0 Å². The van der Waals surface area contributed by atoms with Gasteiger partial charge in [0.25, 0.3) is 6.43 Å². The maximum Gasteiger partial charge on any atom is 0.267 e. The Bertz CT molecular complexity index is 494. The SMILES string of the molecule is CC(C)c1cnc(-n2nccn2)c(C(F)F)c1. The van der Waals surface area contributed by atoms with E-state index in [0.717, 1.165) is 10.4 Å². The van der Waals surface area contributed by atoms with E-state index >= 15 is 0 Å². The summed E-state index contributed by atoms with van der Waals surface area (Å²) < 4.78 is 25.9. The fraction of sp³-hybridized carbons (Fsp3) is 0.364. The van der Waals surface area contributed by atoms with Crippen LogP contribution in [0.15, 0.2) is 24.7 Å². The Kier molecular flexibility index (Phi) is 3.12. The van der Waals surface area contributed by atoms with Crippen LogP contribution in [0.4, 0.5) is 8.78 Å². The first-order valence-corrected chi connectivity index (χ1v) is 5.24. The summed E-state index contributed by atoms with van der Waals surface area (Å²) in [6, 6.07) is 1.46. The van der Waals surface area contributed by atoms with E-state index in [2.05, 4.69) is 15.2 Å². The minimum atomic E-state index is -2.60. The van der Waals surface area contributed by atoms with Crippen LogP contribution in [0, 0.1) is 0 Å². The zero-order chi connectivity index (χ0) is 12.4. The summed E-state index contributed by atoms with van der Waals surface area (Å²) in [7, 11) is 0. The van der Waals surface area contributed by atoms with Crippen LogP contribution >= 0.6 is 0 Å². The molecule has 0 aliphatic heterocycles. The van der Waals surface area contributed by atoms with E-state index in [-0.39, 0.29) is 17.3 Å². The lowest BCUT2D eigenvalue weighted by molar-refractivity contribution is 0.150. The maximum atomic E-state index is 13.0. The van der Waals surface area contributed by atoms with Crippen LogP contribution in [0.2, 0.25) is 0 Å². The number of alkyl halides is 2. The average molecular weight is 238 g/mol. The summed E-state index contributed by atoms with van der Waals surface area (Å²) in [5, 5.41) is 7.63. The van der Waals surface area contributed by atoms with Gasteiger partial charge in [0.15, 0.2) is 5.82 Å². The van der Waals surface area contributed by atoms with Crippen LogP contribution in [0.1, 0.15) is 37.3 Å². The van der Waals surface area contributed by atoms with Gasteiger partial charge in [-0.25, -0.2) is 13.8 Å². The number of rotatable bonds is 3. The quantitative estimate of drug-likeness (QED) is 0.825. The van der Waals surface area contributed by atoms with Gasteiger partial charge in [-0.3, -0.25) is 0 Å². The fourth-order valence-corrected chi connectivity index (χ4v) is 1.46. The van der Waals surface area contributed by atoms with Crippen molar-refractivity contribution in [2.45, 2.75) is 26.2 Å². The van der Waals surface area contributed by atoms with Crippen LogP contribution in [-0.2, 0) is 0 Å². The van der Waals surface area contributed by atoms with Gasteiger partial charge < -0.3 is 0 Å². The van der Waals surface area contributed by atoms with Crippen molar-refractivity contribution >= 4 is 0 Å². The third-order valence-electron chi connectivity index (χ3n) is 2.43. The number of hydrogen-bond donors (Lipinski definition) is 0. The zero-order valence-corrected chi connectivity index (χ0v) is 9.51. The second kappa shape index (κ2) is 4.57. The molecular weight excluding hydrogens is 226 g/mol. The van der Waals surface area contributed by atoms with Crippen LogP contribution in [-0.4, -0.2) is 20.0 Å². The summed E-state index contributed by atoms with van der Waals surface area (Å²) >= 11 is 0. The summed E-state index contributed by atoms with van der Waals surface area (Å²) in [6.45, 7) is 3.86. The average Bonchev–Trinajstić information content (AvgIpc) is 2.81. The van der Waals surface area contributed by atoms with Crippen LogP contribution in [0.25, 0.3) is 5.82 Å². The van der Waals surface area contributed by atoms with Gasteiger partial charge in [0.05, 0.1) is 18.0 Å². The molecule has 0 saturated carbocycles. The van der Waals surface area contributed by atoms with Crippen molar-refractivity contribution < 1.29 is 8.78 Å². The lowest BCUT2D eigenvalue weighted by atomic mass is 10.0. The van der Waals surface area contributed by atoms with Gasteiger partial charge in [0, 0.05) is 6.20 Å². The molecule has 2 aromatic rings. The molecule has 0 N–H and O–H groups in total. The lowest BCUT2D eigenvalue weighted by Gasteiger charge is -2.11. The highest BCUT2D eigenvalue weighted by molar-refractivity contribution is 5.36. The lowest BCUT2D eigenvalue weighted by Crippen LogP contribution is -2.07. The summed E-state index contributed by atoms with van der Waals surface area (Å²) in [5.74, 6) is 0.231. The molecule has 0 aromatic carbocycles. The van der Waals surface area contributed by atoms with Crippen molar-refractivity contribution in [3.8, 4) is 5.82 Å². The number of pyridine rings is 1. The van der Waals surface area contributed by atoms with E-state index in [1.165, 1.54) is 18.5 Å². The molecule has 0 saturated heterocycles. The highest BCUT2D eigenvalue weighted by atomic mass is 19.3. The summed E-state index contributed by atoms with van der Waals surface area (Å²) in [5.41, 5.74) is 0.628. The monoisotopic (exact) mass is 238 g/mol. The number of halogens is 2. The molecule has 0 amide bonds. The Morgan fingerprint density at radius 1 is 1.18 bits per heavy atom. The van der Waals surface area contributed by atoms with Crippen LogP contribution in [0.3, 0.4) is 0 Å². The van der Waals surface area contributed by atoms with Crippen molar-refractivity contribution in [2.24, 2.45) is 0 Å². The molecule has 0 atom stereocenters. The molecule has 0 aliphatic rings. The van der Waals surface area contributed by atoms with E-state index in [1.54, 1.807) is 6.20 Å². The highest BCUT2D eigenvalue weighted by Crippen LogP contribution is 2.26. The first-order valence-electron chi connectivity index (χ1n) is 5.24. The molecule has 0 spiro atoms. The molecular formula is C11H12F2N4. The molecule has 2 aromatic heterocycles. The molecule has 2 heterocycles. The van der Waals surface area contributed by atoms with Crippen molar-refractivity contribution in [1.29, 1.82) is 0 Å². The second-order valence-corrected chi connectivity index (χ2v) is 3.96. The molecule has 0 fully saturated rings. The molecule has 0 aliphatic carbocycles. The van der Waals surface area contributed by atoms with Crippen LogP contribution < -0.4 is 0 Å². The maximum absolute atomic E-state index is 13.0. The minimum absolute atomic E-state index is 0.0781. The minimum Gasteiger partial charge on any atom is -0.235 e. The Morgan fingerprint density at radius 3 is 2.35 bits per heavy atom. The molecule has 90 valence electrons. The van der Waals surface area contributed by atoms with E-state index in [9.17, 15) is 8.78 Å². The molecule has 2 rings (SSSR count). The second-order valence-electron chi connectivity index (χ2n) is 3.96. The zero-order valence-electron chi connectivity index (χ0n) is 9.51. The van der Waals surface area contributed by atoms with Gasteiger partial charge in [-0.2, -0.15) is 10.2 Å². The fourth-order valence-electron chi connectivity index (χ4n) is 1.46. The number of hydrogen-bond acceptors (Lipinski definition) is 3. The molecule has 0 bridgehead atoms. The van der Waals surface area contributed by atoms with Gasteiger partial charge in [-0.1, -0.05) is 13.8 Å². The van der Waals surface area contributed by atoms with E-state index in [4.69, 9.17) is 0 Å². The van der Waals surface area contributed by atoms with Crippen LogP contribution in [0.5, 0.6) is 0 Å². The largest absolute Gasteiger partial charge is 0.267 e. The van der Waals surface area contributed by atoms with Crippen molar-refractivity contribution in [1.82, 2.24) is 20.0 Å². The van der Waals surface area contributed by atoms with Gasteiger partial charge in [-0.15, -0.1) is 4.80 Å². The third-order valence-corrected chi connectivity index (χ3v) is 2.43. The standard InChI is InChI=1S/C11H12F2N4/c1-7(2)8-5-9(10(12)13)11(14-6-8)17-15-3-4-16-17/h3-7,10H,1-2H3. The number of nitrogens with zero attached hydrogens (tertiary/aromatic N) is 4. The molecule has 0 unspecified atom stereocenters. The third kappa shape index (κ3) is 2.30. The first-order chi connectivity index (χ1) is 8.09. The summed E-state index contributed by atoms with van der Waals surface area (Å²) in [6.07, 6.45) is 1.83. The normalized spacial score (nSPS) is 11.4. The summed E-state index contributed by atoms with van der Waals surface area (Å²) in [4.78, 5) is 5.12. The predicted octanol–water partition coefficient (Wildman–Crippen LogP) is 2.72. The van der Waals surface area contributed by atoms with Gasteiger partial charge >= 0.3 is 0 Å². The highest BCUT2D eigenvalue weighted by Gasteiger charge is 2.18. The Labute approximate surface area is 97.3 Å². The molecule has 17 heavy (non-hydrogen) atoms. The van der Waals surface area contributed by atoms with E-state index in [0.29, 0.717) is 0 Å². The smallest absolute Gasteiger partial charge is 0.235 e. The van der Waals surface area contributed by atoms with Crippen molar-refractivity contribution in [2.75, 3.05) is 0 Å². The van der Waals surface area contributed by atoms with Gasteiger partial charge in [0.1, 0.15) is 0 Å².